The molecule has 1 saturated carbocycles. The Morgan fingerprint density at radius 2 is 2.00 bits per heavy atom. The molecule has 1 rings (SSSR count). The van der Waals surface area contributed by atoms with Gasteiger partial charge in [-0.2, -0.15) is 0 Å². The third-order valence-corrected chi connectivity index (χ3v) is 2.70. The normalized spacial score (nSPS) is 31.8. The molecular weight excluding hydrogens is 122 g/mol. The second-order valence-electron chi connectivity index (χ2n) is 3.44. The monoisotopic (exact) mass is 141 g/mol. The zero-order valence-corrected chi connectivity index (χ0v) is 7.19. The van der Waals surface area contributed by atoms with Crippen LogP contribution in [-0.4, -0.2) is 13.6 Å². The smallest absolute Gasteiger partial charge is 0.00209 e. The van der Waals surface area contributed by atoms with Gasteiger partial charge in [0, 0.05) is 0 Å². The molecule has 0 aromatic heterocycles. The Labute approximate surface area is 64.2 Å². The van der Waals surface area contributed by atoms with Crippen LogP contribution in [0.25, 0.3) is 0 Å². The van der Waals surface area contributed by atoms with E-state index in [1.54, 1.807) is 0 Å². The molecule has 0 amide bonds. The topological polar surface area (TPSA) is 12.0 Å². The van der Waals surface area contributed by atoms with Crippen molar-refractivity contribution < 1.29 is 0 Å². The molecule has 0 aromatic carbocycles. The van der Waals surface area contributed by atoms with Gasteiger partial charge in [-0.25, -0.2) is 0 Å². The van der Waals surface area contributed by atoms with E-state index >= 15 is 0 Å². The first-order valence-electron chi connectivity index (χ1n) is 4.53. The van der Waals surface area contributed by atoms with Gasteiger partial charge in [0.15, 0.2) is 0 Å². The lowest BCUT2D eigenvalue weighted by Crippen LogP contribution is -2.33. The molecule has 1 nitrogen and oxygen atoms in total. The molecule has 1 aliphatic rings. The molecule has 0 saturated heterocycles. The molecule has 0 heterocycles. The Balaban J connectivity index is 2.09. The van der Waals surface area contributed by atoms with Gasteiger partial charge in [0.1, 0.15) is 0 Å². The van der Waals surface area contributed by atoms with Crippen molar-refractivity contribution in [3.8, 4) is 0 Å². The average Bonchev–Trinajstić information content (AvgIpc) is 1.93. The Bertz CT molecular complexity index is 78.7. The van der Waals surface area contributed by atoms with Gasteiger partial charge in [0.25, 0.3) is 0 Å². The third-order valence-electron chi connectivity index (χ3n) is 2.70. The molecule has 0 spiro atoms. The van der Waals surface area contributed by atoms with Gasteiger partial charge in [0.05, 0.1) is 0 Å². The van der Waals surface area contributed by atoms with E-state index in [4.69, 9.17) is 0 Å². The van der Waals surface area contributed by atoms with Gasteiger partial charge in [-0.05, 0) is 38.3 Å². The summed E-state index contributed by atoms with van der Waals surface area (Å²) in [5.41, 5.74) is 0. The molecule has 0 aromatic rings. The van der Waals surface area contributed by atoms with Gasteiger partial charge >= 0.3 is 0 Å². The Kier molecular flexibility index (Phi) is 3.20. The first-order valence-corrected chi connectivity index (χ1v) is 4.53. The lowest BCUT2D eigenvalue weighted by atomic mass is 9.71. The van der Waals surface area contributed by atoms with E-state index in [0.29, 0.717) is 0 Å². The summed E-state index contributed by atoms with van der Waals surface area (Å²) >= 11 is 0. The maximum atomic E-state index is 3.26. The SMILES string of the molecule is CCCC1CCC1CNC. The van der Waals surface area contributed by atoms with Gasteiger partial charge in [-0.3, -0.25) is 0 Å². The van der Waals surface area contributed by atoms with Crippen LogP contribution in [0.5, 0.6) is 0 Å². The predicted molar refractivity (Wildman–Crippen MR) is 45.0 cm³/mol. The van der Waals surface area contributed by atoms with Crippen molar-refractivity contribution in [2.45, 2.75) is 32.6 Å². The first kappa shape index (κ1) is 8.06. The summed E-state index contributed by atoms with van der Waals surface area (Å²) in [5.74, 6) is 2.06. The van der Waals surface area contributed by atoms with E-state index < -0.39 is 0 Å². The van der Waals surface area contributed by atoms with Crippen molar-refractivity contribution in [3.05, 3.63) is 0 Å². The molecule has 2 unspecified atom stereocenters. The van der Waals surface area contributed by atoms with Crippen LogP contribution in [0, 0.1) is 11.8 Å². The highest BCUT2D eigenvalue weighted by molar-refractivity contribution is 4.81. The molecule has 1 fully saturated rings. The zero-order valence-electron chi connectivity index (χ0n) is 7.19. The summed E-state index contributed by atoms with van der Waals surface area (Å²) in [4.78, 5) is 0. The molecule has 0 bridgehead atoms. The Hall–Kier alpha value is -0.0400. The lowest BCUT2D eigenvalue weighted by Gasteiger charge is -2.36. The van der Waals surface area contributed by atoms with Crippen LogP contribution in [0.1, 0.15) is 32.6 Å². The number of hydrogen-bond acceptors (Lipinski definition) is 1. The minimum absolute atomic E-state index is 1.00. The molecule has 1 heteroatoms. The number of nitrogens with one attached hydrogen (secondary N) is 1. The zero-order chi connectivity index (χ0) is 7.40. The summed E-state index contributed by atoms with van der Waals surface area (Å²) in [6.45, 7) is 3.53. The van der Waals surface area contributed by atoms with Gasteiger partial charge in [-0.1, -0.05) is 19.8 Å². The fourth-order valence-corrected chi connectivity index (χ4v) is 1.92. The predicted octanol–water partition coefficient (Wildman–Crippen LogP) is 2.03. The van der Waals surface area contributed by atoms with Crippen LogP contribution in [0.2, 0.25) is 0 Å². The molecule has 2 atom stereocenters. The molecule has 0 radical (unpaired) electrons. The molecule has 10 heavy (non-hydrogen) atoms. The van der Waals surface area contributed by atoms with Crippen LogP contribution < -0.4 is 5.32 Å². The maximum absolute atomic E-state index is 3.26. The van der Waals surface area contributed by atoms with Crippen LogP contribution in [0.15, 0.2) is 0 Å². The summed E-state index contributed by atoms with van der Waals surface area (Å²) < 4.78 is 0. The van der Waals surface area contributed by atoms with E-state index in [0.717, 1.165) is 11.8 Å². The minimum atomic E-state index is 1.00. The van der Waals surface area contributed by atoms with Gasteiger partial charge in [0.2, 0.25) is 0 Å². The highest BCUT2D eigenvalue weighted by Gasteiger charge is 2.28. The van der Waals surface area contributed by atoms with Crippen LogP contribution >= 0.6 is 0 Å². The molecule has 0 aliphatic heterocycles. The second kappa shape index (κ2) is 3.97. The standard InChI is InChI=1S/C9H19N/c1-3-4-8-5-6-9(8)7-10-2/h8-10H,3-7H2,1-2H3. The Morgan fingerprint density at radius 1 is 1.30 bits per heavy atom. The molecule has 60 valence electrons. The second-order valence-corrected chi connectivity index (χ2v) is 3.44. The number of rotatable bonds is 4. The van der Waals surface area contributed by atoms with Crippen molar-refractivity contribution >= 4 is 0 Å². The maximum Gasteiger partial charge on any atom is -0.00209 e. The van der Waals surface area contributed by atoms with E-state index in [1.807, 2.05) is 0 Å². The van der Waals surface area contributed by atoms with Crippen molar-refractivity contribution in [3.63, 3.8) is 0 Å². The summed E-state index contributed by atoms with van der Waals surface area (Å²) in [6.07, 6.45) is 5.77. The first-order chi connectivity index (χ1) is 4.88. The van der Waals surface area contributed by atoms with E-state index in [2.05, 4.69) is 19.3 Å². The molecule has 1 N–H and O–H groups in total. The van der Waals surface area contributed by atoms with E-state index in [1.165, 1.54) is 32.2 Å². The minimum Gasteiger partial charge on any atom is -0.319 e. The van der Waals surface area contributed by atoms with E-state index in [9.17, 15) is 0 Å². The molecule has 1 aliphatic carbocycles. The highest BCUT2D eigenvalue weighted by Crippen LogP contribution is 2.36. The lowest BCUT2D eigenvalue weighted by molar-refractivity contribution is 0.162. The quantitative estimate of drug-likeness (QED) is 0.631. The third kappa shape index (κ3) is 1.72. The fraction of sp³-hybridized carbons (Fsp3) is 1.00. The van der Waals surface area contributed by atoms with Crippen molar-refractivity contribution in [2.75, 3.05) is 13.6 Å². The van der Waals surface area contributed by atoms with Crippen molar-refractivity contribution in [1.29, 1.82) is 0 Å². The highest BCUT2D eigenvalue weighted by atomic mass is 14.8. The fourth-order valence-electron chi connectivity index (χ4n) is 1.92. The van der Waals surface area contributed by atoms with Gasteiger partial charge in [-0.15, -0.1) is 0 Å². The van der Waals surface area contributed by atoms with Crippen LogP contribution in [0.3, 0.4) is 0 Å². The van der Waals surface area contributed by atoms with Crippen LogP contribution in [-0.2, 0) is 0 Å². The summed E-state index contributed by atoms with van der Waals surface area (Å²) in [6, 6.07) is 0. The van der Waals surface area contributed by atoms with E-state index in [-0.39, 0.29) is 0 Å². The van der Waals surface area contributed by atoms with Crippen molar-refractivity contribution in [1.82, 2.24) is 5.32 Å². The van der Waals surface area contributed by atoms with Gasteiger partial charge < -0.3 is 5.32 Å². The summed E-state index contributed by atoms with van der Waals surface area (Å²) in [7, 11) is 2.06. The molecular formula is C9H19N. The van der Waals surface area contributed by atoms with Crippen LogP contribution in [0.4, 0.5) is 0 Å². The number of hydrogen-bond donors (Lipinski definition) is 1. The largest absolute Gasteiger partial charge is 0.319 e. The summed E-state index contributed by atoms with van der Waals surface area (Å²) in [5, 5.41) is 3.26. The van der Waals surface area contributed by atoms with Crippen molar-refractivity contribution in [2.24, 2.45) is 11.8 Å². The Morgan fingerprint density at radius 3 is 2.40 bits per heavy atom. The average molecular weight is 141 g/mol.